The number of hydrogen-bond donors (Lipinski definition) is 2. The van der Waals surface area contributed by atoms with E-state index in [0.29, 0.717) is 17.9 Å². The first-order valence-corrected chi connectivity index (χ1v) is 7.09. The van der Waals surface area contributed by atoms with Crippen LogP contribution in [-0.2, 0) is 6.54 Å². The van der Waals surface area contributed by atoms with Gasteiger partial charge in [0.2, 0.25) is 0 Å². The van der Waals surface area contributed by atoms with Crippen LogP contribution in [0.1, 0.15) is 35.2 Å². The molecule has 0 fully saturated rings. The van der Waals surface area contributed by atoms with E-state index < -0.39 is 0 Å². The van der Waals surface area contributed by atoms with Crippen molar-refractivity contribution >= 4 is 11.6 Å². The van der Waals surface area contributed by atoms with Crippen LogP contribution >= 0.6 is 0 Å². The third kappa shape index (κ3) is 4.56. The van der Waals surface area contributed by atoms with Crippen molar-refractivity contribution in [2.75, 3.05) is 11.9 Å². The Morgan fingerprint density at radius 3 is 2.62 bits per heavy atom. The highest BCUT2D eigenvalue weighted by Crippen LogP contribution is 2.09. The number of benzene rings is 1. The van der Waals surface area contributed by atoms with Crippen LogP contribution in [0.2, 0.25) is 0 Å². The number of carbonyl (C=O) groups is 1. The molecule has 0 atom stereocenters. The van der Waals surface area contributed by atoms with Crippen molar-refractivity contribution < 1.29 is 4.79 Å². The van der Waals surface area contributed by atoms with Gasteiger partial charge < -0.3 is 10.6 Å². The molecular weight excluding hydrogens is 264 g/mol. The van der Waals surface area contributed by atoms with Gasteiger partial charge in [-0.3, -0.25) is 4.79 Å². The van der Waals surface area contributed by atoms with Crippen molar-refractivity contribution in [2.24, 2.45) is 0 Å². The Bertz CT molecular complexity index is 595. The van der Waals surface area contributed by atoms with Gasteiger partial charge in [-0.1, -0.05) is 6.92 Å². The summed E-state index contributed by atoms with van der Waals surface area (Å²) in [6.45, 7) is 5.27. The molecule has 0 bridgehead atoms. The molecule has 2 rings (SSSR count). The molecule has 5 nitrogen and oxygen atoms in total. The van der Waals surface area contributed by atoms with Gasteiger partial charge in [0.05, 0.1) is 12.2 Å². The fourth-order valence-electron chi connectivity index (χ4n) is 1.89. The third-order valence-electron chi connectivity index (χ3n) is 2.99. The van der Waals surface area contributed by atoms with E-state index in [-0.39, 0.29) is 5.91 Å². The minimum Gasteiger partial charge on any atom is -0.385 e. The van der Waals surface area contributed by atoms with Gasteiger partial charge in [0, 0.05) is 24.0 Å². The van der Waals surface area contributed by atoms with Crippen molar-refractivity contribution in [3.63, 3.8) is 0 Å². The van der Waals surface area contributed by atoms with Crippen LogP contribution in [0.3, 0.4) is 0 Å². The number of nitrogens with one attached hydrogen (secondary N) is 2. The number of amides is 1. The fraction of sp³-hybridized carbons (Fsp3) is 0.312. The van der Waals surface area contributed by atoms with E-state index >= 15 is 0 Å². The average Bonchev–Trinajstić information content (AvgIpc) is 2.51. The van der Waals surface area contributed by atoms with Gasteiger partial charge in [-0.25, -0.2) is 9.97 Å². The Balaban J connectivity index is 1.91. The molecule has 0 unspecified atom stereocenters. The van der Waals surface area contributed by atoms with E-state index in [2.05, 4.69) is 27.5 Å². The lowest BCUT2D eigenvalue weighted by molar-refractivity contribution is 0.0950. The number of nitrogens with zero attached hydrogens (tertiary/aromatic N) is 2. The second kappa shape index (κ2) is 7.38. The molecule has 0 saturated heterocycles. The summed E-state index contributed by atoms with van der Waals surface area (Å²) < 4.78 is 0. The number of anilines is 1. The lowest BCUT2D eigenvalue weighted by Crippen LogP contribution is -2.23. The molecule has 0 saturated carbocycles. The number of carbonyl (C=O) groups excluding carboxylic acids is 1. The van der Waals surface area contributed by atoms with Crippen LogP contribution in [0, 0.1) is 6.92 Å². The lowest BCUT2D eigenvalue weighted by atomic mass is 10.2. The molecule has 1 amide bonds. The number of aryl methyl sites for hydroxylation is 1. The SMILES string of the molecule is CCCNc1ccc(C(=O)NCc2ccnc(C)n2)cc1. The zero-order valence-electron chi connectivity index (χ0n) is 12.4. The van der Waals surface area contributed by atoms with Crippen LogP contribution in [0.4, 0.5) is 5.69 Å². The van der Waals surface area contributed by atoms with Gasteiger partial charge in [-0.05, 0) is 43.7 Å². The molecule has 1 heterocycles. The highest BCUT2D eigenvalue weighted by atomic mass is 16.1. The second-order valence-corrected chi connectivity index (χ2v) is 4.78. The van der Waals surface area contributed by atoms with E-state index in [1.54, 1.807) is 12.3 Å². The van der Waals surface area contributed by atoms with Crippen molar-refractivity contribution in [1.29, 1.82) is 0 Å². The van der Waals surface area contributed by atoms with Crippen LogP contribution < -0.4 is 10.6 Å². The molecule has 0 radical (unpaired) electrons. The van der Waals surface area contributed by atoms with Gasteiger partial charge in [0.15, 0.2) is 0 Å². The molecule has 5 heteroatoms. The summed E-state index contributed by atoms with van der Waals surface area (Å²) in [7, 11) is 0. The summed E-state index contributed by atoms with van der Waals surface area (Å²) in [5, 5.41) is 6.13. The van der Waals surface area contributed by atoms with Gasteiger partial charge in [0.25, 0.3) is 5.91 Å². The van der Waals surface area contributed by atoms with Gasteiger partial charge in [-0.15, -0.1) is 0 Å². The molecule has 21 heavy (non-hydrogen) atoms. The van der Waals surface area contributed by atoms with E-state index in [1.165, 1.54) is 0 Å². The van der Waals surface area contributed by atoms with E-state index in [9.17, 15) is 4.79 Å². The molecule has 0 aliphatic carbocycles. The summed E-state index contributed by atoms with van der Waals surface area (Å²) in [6.07, 6.45) is 2.76. The number of aromatic nitrogens is 2. The Morgan fingerprint density at radius 1 is 1.19 bits per heavy atom. The molecule has 2 N–H and O–H groups in total. The average molecular weight is 284 g/mol. The fourth-order valence-corrected chi connectivity index (χ4v) is 1.89. The van der Waals surface area contributed by atoms with E-state index in [0.717, 1.165) is 24.3 Å². The zero-order chi connectivity index (χ0) is 15.1. The number of hydrogen-bond acceptors (Lipinski definition) is 4. The van der Waals surface area contributed by atoms with Crippen molar-refractivity contribution in [3.8, 4) is 0 Å². The maximum Gasteiger partial charge on any atom is 0.251 e. The smallest absolute Gasteiger partial charge is 0.251 e. The largest absolute Gasteiger partial charge is 0.385 e. The lowest BCUT2D eigenvalue weighted by Gasteiger charge is -2.07. The molecular formula is C16H20N4O. The quantitative estimate of drug-likeness (QED) is 0.855. The summed E-state index contributed by atoms with van der Waals surface area (Å²) in [5.41, 5.74) is 2.47. The number of rotatable bonds is 6. The monoisotopic (exact) mass is 284 g/mol. The maximum atomic E-state index is 12.1. The first-order chi connectivity index (χ1) is 10.2. The van der Waals surface area contributed by atoms with Crippen molar-refractivity contribution in [1.82, 2.24) is 15.3 Å². The van der Waals surface area contributed by atoms with Crippen LogP contribution in [0.25, 0.3) is 0 Å². The summed E-state index contributed by atoms with van der Waals surface area (Å²) >= 11 is 0. The standard InChI is InChI=1S/C16H20N4O/c1-3-9-18-14-6-4-13(5-7-14)16(21)19-11-15-8-10-17-12(2)20-15/h4-8,10,18H,3,9,11H2,1-2H3,(H,19,21). The Labute approximate surface area is 124 Å². The van der Waals surface area contributed by atoms with E-state index in [1.807, 2.05) is 31.2 Å². The molecule has 0 aliphatic heterocycles. The second-order valence-electron chi connectivity index (χ2n) is 4.78. The van der Waals surface area contributed by atoms with Crippen molar-refractivity contribution in [3.05, 3.63) is 53.6 Å². The highest BCUT2D eigenvalue weighted by Gasteiger charge is 2.05. The summed E-state index contributed by atoms with van der Waals surface area (Å²) in [6, 6.07) is 9.26. The van der Waals surface area contributed by atoms with E-state index in [4.69, 9.17) is 0 Å². The molecule has 110 valence electrons. The maximum absolute atomic E-state index is 12.1. The zero-order valence-corrected chi connectivity index (χ0v) is 12.4. The molecule has 0 spiro atoms. The van der Waals surface area contributed by atoms with Crippen LogP contribution in [0.5, 0.6) is 0 Å². The molecule has 1 aromatic carbocycles. The summed E-state index contributed by atoms with van der Waals surface area (Å²) in [5.74, 6) is 0.599. The normalized spacial score (nSPS) is 10.2. The van der Waals surface area contributed by atoms with Gasteiger partial charge in [0.1, 0.15) is 5.82 Å². The highest BCUT2D eigenvalue weighted by molar-refractivity contribution is 5.94. The predicted octanol–water partition coefficient (Wildman–Crippen LogP) is 2.54. The minimum absolute atomic E-state index is 0.103. The van der Waals surface area contributed by atoms with Crippen LogP contribution in [-0.4, -0.2) is 22.4 Å². The van der Waals surface area contributed by atoms with Crippen molar-refractivity contribution in [2.45, 2.75) is 26.8 Å². The van der Waals surface area contributed by atoms with Gasteiger partial charge in [-0.2, -0.15) is 0 Å². The molecule has 0 aliphatic rings. The first-order valence-electron chi connectivity index (χ1n) is 7.09. The summed E-state index contributed by atoms with van der Waals surface area (Å²) in [4.78, 5) is 20.3. The van der Waals surface area contributed by atoms with Crippen LogP contribution in [0.15, 0.2) is 36.5 Å². The third-order valence-corrected chi connectivity index (χ3v) is 2.99. The minimum atomic E-state index is -0.103. The molecule has 1 aromatic heterocycles. The predicted molar refractivity (Wildman–Crippen MR) is 83.2 cm³/mol. The Morgan fingerprint density at radius 2 is 1.95 bits per heavy atom. The van der Waals surface area contributed by atoms with Gasteiger partial charge >= 0.3 is 0 Å². The Kier molecular flexibility index (Phi) is 5.26. The first kappa shape index (κ1) is 15.0. The topological polar surface area (TPSA) is 66.9 Å². The Hall–Kier alpha value is -2.43. The molecule has 2 aromatic rings.